The smallest absolute Gasteiger partial charge is 0.212 e. The molecule has 1 aliphatic rings. The van der Waals surface area contributed by atoms with Crippen molar-refractivity contribution < 1.29 is 8.42 Å². The number of aryl methyl sites for hydroxylation is 1. The molecule has 1 unspecified atom stereocenters. The van der Waals surface area contributed by atoms with E-state index >= 15 is 0 Å². The molecule has 0 amide bonds. The van der Waals surface area contributed by atoms with Crippen molar-refractivity contribution in [2.45, 2.75) is 25.3 Å². The van der Waals surface area contributed by atoms with Crippen molar-refractivity contribution in [3.63, 3.8) is 0 Å². The Labute approximate surface area is 109 Å². The van der Waals surface area contributed by atoms with Crippen molar-refractivity contribution >= 4 is 10.0 Å². The summed E-state index contributed by atoms with van der Waals surface area (Å²) in [5.74, 6) is 0.127. The van der Waals surface area contributed by atoms with E-state index in [9.17, 15) is 8.42 Å². The van der Waals surface area contributed by atoms with Crippen LogP contribution in [0.15, 0.2) is 24.3 Å². The Kier molecular flexibility index (Phi) is 4.37. The van der Waals surface area contributed by atoms with Crippen LogP contribution in [0.4, 0.5) is 0 Å². The van der Waals surface area contributed by atoms with Gasteiger partial charge in [0, 0.05) is 12.6 Å². The summed E-state index contributed by atoms with van der Waals surface area (Å²) in [6.07, 6.45) is 3.37. The second kappa shape index (κ2) is 5.82. The van der Waals surface area contributed by atoms with Gasteiger partial charge in [-0.15, -0.1) is 0 Å². The van der Waals surface area contributed by atoms with E-state index in [1.807, 2.05) is 6.07 Å². The highest BCUT2D eigenvalue weighted by Crippen LogP contribution is 2.29. The molecule has 100 valence electrons. The van der Waals surface area contributed by atoms with Crippen LogP contribution in [0.1, 0.15) is 30.0 Å². The van der Waals surface area contributed by atoms with Crippen LogP contribution in [0.3, 0.4) is 0 Å². The molecule has 0 saturated carbocycles. The highest BCUT2D eigenvalue weighted by Gasteiger charge is 2.19. The van der Waals surface area contributed by atoms with E-state index < -0.39 is 10.0 Å². The molecule has 18 heavy (non-hydrogen) atoms. The van der Waals surface area contributed by atoms with Gasteiger partial charge in [-0.05, 0) is 37.4 Å². The average molecular weight is 268 g/mol. The van der Waals surface area contributed by atoms with E-state index in [0.29, 0.717) is 12.6 Å². The molecular formula is C13H20N2O2S. The van der Waals surface area contributed by atoms with Gasteiger partial charge >= 0.3 is 0 Å². The lowest BCUT2D eigenvalue weighted by Crippen LogP contribution is -2.33. The summed E-state index contributed by atoms with van der Waals surface area (Å²) in [7, 11) is -1.66. The largest absolute Gasteiger partial charge is 0.309 e. The topological polar surface area (TPSA) is 58.2 Å². The van der Waals surface area contributed by atoms with E-state index in [0.717, 1.165) is 19.3 Å². The highest BCUT2D eigenvalue weighted by atomic mass is 32.2. The quantitative estimate of drug-likeness (QED) is 0.844. The summed E-state index contributed by atoms with van der Waals surface area (Å²) in [4.78, 5) is 0. The number of fused-ring (bicyclic) bond motifs is 1. The van der Waals surface area contributed by atoms with Gasteiger partial charge in [0.1, 0.15) is 0 Å². The Morgan fingerprint density at radius 2 is 2.11 bits per heavy atom. The van der Waals surface area contributed by atoms with Gasteiger partial charge in [-0.1, -0.05) is 24.3 Å². The zero-order valence-corrected chi connectivity index (χ0v) is 11.5. The van der Waals surface area contributed by atoms with Crippen LogP contribution >= 0.6 is 0 Å². The molecule has 1 atom stereocenters. The number of hydrogen-bond acceptors (Lipinski definition) is 3. The summed E-state index contributed by atoms with van der Waals surface area (Å²) in [5, 5.41) is 3.35. The molecule has 2 rings (SSSR count). The van der Waals surface area contributed by atoms with Crippen LogP contribution < -0.4 is 10.0 Å². The summed E-state index contributed by atoms with van der Waals surface area (Å²) in [5.41, 5.74) is 2.71. The first-order valence-electron chi connectivity index (χ1n) is 6.35. The maximum absolute atomic E-state index is 11.3. The van der Waals surface area contributed by atoms with Gasteiger partial charge < -0.3 is 5.32 Å². The van der Waals surface area contributed by atoms with Crippen molar-refractivity contribution in [1.29, 1.82) is 0 Å². The second-order valence-corrected chi connectivity index (χ2v) is 6.67. The summed E-state index contributed by atoms with van der Waals surface area (Å²) in [6, 6.07) is 8.70. The Hall–Kier alpha value is -0.910. The number of sulfonamides is 1. The lowest BCUT2D eigenvalue weighted by molar-refractivity contribution is 0.470. The Morgan fingerprint density at radius 3 is 2.89 bits per heavy atom. The summed E-state index contributed by atoms with van der Waals surface area (Å²) >= 11 is 0. The van der Waals surface area contributed by atoms with E-state index in [1.54, 1.807) is 0 Å². The first-order valence-corrected chi connectivity index (χ1v) is 8.00. The Balaban J connectivity index is 1.96. The van der Waals surface area contributed by atoms with Crippen molar-refractivity contribution in [3.8, 4) is 0 Å². The van der Waals surface area contributed by atoms with Gasteiger partial charge in [0.15, 0.2) is 0 Å². The molecule has 5 heteroatoms. The molecule has 0 heterocycles. The molecule has 0 spiro atoms. The van der Waals surface area contributed by atoms with Crippen molar-refractivity contribution in [1.82, 2.24) is 10.0 Å². The van der Waals surface area contributed by atoms with Crippen LogP contribution in [0.2, 0.25) is 0 Å². The van der Waals surface area contributed by atoms with E-state index in [-0.39, 0.29) is 5.75 Å². The third-order valence-corrected chi connectivity index (χ3v) is 4.81. The standard InChI is InChI=1S/C13H20N2O2S/c1-14-18(16,17)10-9-15-13-8-4-6-11-5-2-3-7-12(11)13/h2-3,5,7,13-15H,4,6,8-10H2,1H3. The summed E-state index contributed by atoms with van der Waals surface area (Å²) < 4.78 is 25.0. The van der Waals surface area contributed by atoms with Gasteiger partial charge in [-0.3, -0.25) is 0 Å². The van der Waals surface area contributed by atoms with Crippen molar-refractivity contribution in [2.75, 3.05) is 19.3 Å². The number of benzene rings is 1. The maximum atomic E-state index is 11.3. The van der Waals surface area contributed by atoms with Crippen molar-refractivity contribution in [3.05, 3.63) is 35.4 Å². The fourth-order valence-corrected chi connectivity index (χ4v) is 3.03. The molecular weight excluding hydrogens is 248 g/mol. The molecule has 2 N–H and O–H groups in total. The van der Waals surface area contributed by atoms with Gasteiger partial charge in [0.05, 0.1) is 5.75 Å². The average Bonchev–Trinajstić information content (AvgIpc) is 2.39. The molecule has 0 radical (unpaired) electrons. The van der Waals surface area contributed by atoms with Crippen molar-refractivity contribution in [2.24, 2.45) is 0 Å². The third-order valence-electron chi connectivity index (χ3n) is 3.44. The zero-order chi connectivity index (χ0) is 13.0. The lowest BCUT2D eigenvalue weighted by Gasteiger charge is -2.26. The molecule has 0 fully saturated rings. The Morgan fingerprint density at radius 1 is 1.33 bits per heavy atom. The minimum absolute atomic E-state index is 0.127. The molecule has 0 bridgehead atoms. The molecule has 1 aromatic rings. The predicted octanol–water partition coefficient (Wildman–Crippen LogP) is 1.20. The molecule has 1 aliphatic carbocycles. The van der Waals surface area contributed by atoms with Crippen LogP contribution in [0, 0.1) is 0 Å². The van der Waals surface area contributed by atoms with E-state index in [2.05, 4.69) is 28.2 Å². The fourth-order valence-electron chi connectivity index (χ4n) is 2.44. The minimum Gasteiger partial charge on any atom is -0.309 e. The number of hydrogen-bond donors (Lipinski definition) is 2. The molecule has 0 aliphatic heterocycles. The molecule has 0 aromatic heterocycles. The van der Waals surface area contributed by atoms with Crippen LogP contribution in [-0.4, -0.2) is 27.8 Å². The SMILES string of the molecule is CNS(=O)(=O)CCNC1CCCc2ccccc21. The lowest BCUT2D eigenvalue weighted by atomic mass is 9.88. The van der Waals surface area contributed by atoms with E-state index in [1.165, 1.54) is 18.2 Å². The molecule has 4 nitrogen and oxygen atoms in total. The van der Waals surface area contributed by atoms with Gasteiger partial charge in [0.2, 0.25) is 10.0 Å². The molecule has 1 aromatic carbocycles. The van der Waals surface area contributed by atoms with Crippen LogP contribution in [-0.2, 0) is 16.4 Å². The van der Waals surface area contributed by atoms with Gasteiger partial charge in [-0.25, -0.2) is 13.1 Å². The monoisotopic (exact) mass is 268 g/mol. The normalized spacial score (nSPS) is 19.5. The summed E-state index contributed by atoms with van der Waals surface area (Å²) in [6.45, 7) is 0.488. The third kappa shape index (κ3) is 3.31. The second-order valence-electron chi connectivity index (χ2n) is 4.62. The maximum Gasteiger partial charge on any atom is 0.212 e. The van der Waals surface area contributed by atoms with E-state index in [4.69, 9.17) is 0 Å². The molecule has 0 saturated heterocycles. The first-order chi connectivity index (χ1) is 8.62. The predicted molar refractivity (Wildman–Crippen MR) is 73.0 cm³/mol. The zero-order valence-electron chi connectivity index (χ0n) is 10.6. The number of rotatable bonds is 5. The first kappa shape index (κ1) is 13.5. The van der Waals surface area contributed by atoms with Crippen LogP contribution in [0.5, 0.6) is 0 Å². The van der Waals surface area contributed by atoms with Crippen LogP contribution in [0.25, 0.3) is 0 Å². The fraction of sp³-hybridized carbons (Fsp3) is 0.538. The Bertz CT molecular complexity index is 499. The number of nitrogens with one attached hydrogen (secondary N) is 2. The highest BCUT2D eigenvalue weighted by molar-refractivity contribution is 7.89. The van der Waals surface area contributed by atoms with Gasteiger partial charge in [-0.2, -0.15) is 0 Å². The van der Waals surface area contributed by atoms with Gasteiger partial charge in [0.25, 0.3) is 0 Å². The minimum atomic E-state index is -3.11.